The first-order valence-electron chi connectivity index (χ1n) is 2.51. The van der Waals surface area contributed by atoms with Gasteiger partial charge < -0.3 is 4.90 Å². The summed E-state index contributed by atoms with van der Waals surface area (Å²) in [5.74, 6) is 0. The van der Waals surface area contributed by atoms with E-state index in [0.717, 1.165) is 6.04 Å². The number of likely N-dealkylation sites (tertiary alicyclic amines) is 1. The fourth-order valence-corrected chi connectivity index (χ4v) is 0.645. The van der Waals surface area contributed by atoms with E-state index in [0.29, 0.717) is 0 Å². The van der Waals surface area contributed by atoms with E-state index in [4.69, 9.17) is 0 Å². The molecule has 1 unspecified atom stereocenters. The lowest BCUT2D eigenvalue weighted by molar-refractivity contribution is 0.143. The number of hydrogen-bond donors (Lipinski definition) is 0. The topological polar surface area (TPSA) is 3.24 Å². The van der Waals surface area contributed by atoms with Crippen molar-refractivity contribution in [2.45, 2.75) is 19.4 Å². The molecule has 0 aromatic carbocycles. The van der Waals surface area contributed by atoms with Crippen LogP contribution in [0.1, 0.15) is 13.3 Å². The Morgan fingerprint density at radius 1 is 1.57 bits per heavy atom. The molecule has 0 radical (unpaired) electrons. The third-order valence-corrected chi connectivity index (χ3v) is 1.65. The van der Waals surface area contributed by atoms with E-state index in [1.54, 1.807) is 0 Å². The zero-order valence-corrected chi connectivity index (χ0v) is 5.66. The maximum atomic E-state index is 2.35. The lowest BCUT2D eigenvalue weighted by atomic mass is 10.1. The molecule has 1 rings (SSSR count). The van der Waals surface area contributed by atoms with Gasteiger partial charge in [0.15, 0.2) is 0 Å². The van der Waals surface area contributed by atoms with Gasteiger partial charge in [0.2, 0.25) is 0 Å². The van der Waals surface area contributed by atoms with Gasteiger partial charge in [0.1, 0.15) is 0 Å². The molecular formula is C5H12ClN. The molecule has 2 heteroatoms. The second-order valence-electron chi connectivity index (χ2n) is 2.12. The van der Waals surface area contributed by atoms with Crippen LogP contribution in [0.3, 0.4) is 0 Å². The zero-order valence-electron chi connectivity index (χ0n) is 4.85. The van der Waals surface area contributed by atoms with Gasteiger partial charge in [-0.3, -0.25) is 0 Å². The number of nitrogens with zero attached hydrogens (tertiary/aromatic N) is 1. The van der Waals surface area contributed by atoms with E-state index in [1.807, 2.05) is 0 Å². The van der Waals surface area contributed by atoms with Gasteiger partial charge in [-0.15, -0.1) is 12.4 Å². The zero-order chi connectivity index (χ0) is 4.57. The summed E-state index contributed by atoms with van der Waals surface area (Å²) < 4.78 is 0. The Morgan fingerprint density at radius 2 is 2.00 bits per heavy atom. The van der Waals surface area contributed by atoms with Crippen LogP contribution in [0.5, 0.6) is 0 Å². The first kappa shape index (κ1) is 7.25. The lowest BCUT2D eigenvalue weighted by Gasteiger charge is -2.34. The van der Waals surface area contributed by atoms with Crippen molar-refractivity contribution in [1.29, 1.82) is 0 Å². The molecule has 0 bridgehead atoms. The fourth-order valence-electron chi connectivity index (χ4n) is 0.645. The SMILES string of the molecule is CC1CCN1C.Cl. The van der Waals surface area contributed by atoms with Gasteiger partial charge in [-0.2, -0.15) is 0 Å². The number of rotatable bonds is 0. The highest BCUT2D eigenvalue weighted by Crippen LogP contribution is 2.11. The van der Waals surface area contributed by atoms with Gasteiger partial charge in [-0.05, 0) is 26.9 Å². The van der Waals surface area contributed by atoms with Crippen LogP contribution in [-0.2, 0) is 0 Å². The summed E-state index contributed by atoms with van der Waals surface area (Å²) >= 11 is 0. The standard InChI is InChI=1S/C5H11N.ClH/c1-5-3-4-6(5)2;/h5H,3-4H2,1-2H3;1H. The normalized spacial score (nSPS) is 30.9. The highest BCUT2D eigenvalue weighted by molar-refractivity contribution is 5.85. The minimum atomic E-state index is 0. The van der Waals surface area contributed by atoms with Crippen LogP contribution < -0.4 is 0 Å². The smallest absolute Gasteiger partial charge is 0.00760 e. The molecule has 0 aromatic rings. The van der Waals surface area contributed by atoms with Gasteiger partial charge in [-0.1, -0.05) is 0 Å². The third-order valence-electron chi connectivity index (χ3n) is 1.65. The Labute approximate surface area is 51.1 Å². The van der Waals surface area contributed by atoms with Crippen molar-refractivity contribution >= 4 is 12.4 Å². The molecule has 1 atom stereocenters. The molecule has 0 aromatic heterocycles. The Morgan fingerprint density at radius 3 is 2.00 bits per heavy atom. The average molecular weight is 122 g/mol. The van der Waals surface area contributed by atoms with E-state index in [-0.39, 0.29) is 12.4 Å². The Balaban J connectivity index is 0.000000360. The predicted molar refractivity (Wildman–Crippen MR) is 34.0 cm³/mol. The average Bonchev–Trinajstić information content (AvgIpc) is 1.61. The highest BCUT2D eigenvalue weighted by atomic mass is 35.5. The Kier molecular flexibility index (Phi) is 2.62. The summed E-state index contributed by atoms with van der Waals surface area (Å²) in [6.45, 7) is 3.56. The summed E-state index contributed by atoms with van der Waals surface area (Å²) in [5.41, 5.74) is 0. The van der Waals surface area contributed by atoms with Crippen molar-refractivity contribution in [3.05, 3.63) is 0 Å². The van der Waals surface area contributed by atoms with E-state index < -0.39 is 0 Å². The van der Waals surface area contributed by atoms with Crippen molar-refractivity contribution in [2.24, 2.45) is 0 Å². The van der Waals surface area contributed by atoms with Crippen LogP contribution in [0.4, 0.5) is 0 Å². The predicted octanol–water partition coefficient (Wildman–Crippen LogP) is 1.13. The van der Waals surface area contributed by atoms with Gasteiger partial charge in [0.25, 0.3) is 0 Å². The van der Waals surface area contributed by atoms with Crippen molar-refractivity contribution in [1.82, 2.24) is 4.90 Å². The van der Waals surface area contributed by atoms with Crippen LogP contribution in [0, 0.1) is 0 Å². The van der Waals surface area contributed by atoms with Crippen molar-refractivity contribution in [3.63, 3.8) is 0 Å². The highest BCUT2D eigenvalue weighted by Gasteiger charge is 2.17. The van der Waals surface area contributed by atoms with Crippen molar-refractivity contribution < 1.29 is 0 Å². The third kappa shape index (κ3) is 1.32. The molecule has 0 aliphatic carbocycles. The van der Waals surface area contributed by atoms with Crippen LogP contribution in [0.25, 0.3) is 0 Å². The maximum absolute atomic E-state index is 2.35. The molecule has 1 nitrogen and oxygen atoms in total. The molecule has 0 amide bonds. The summed E-state index contributed by atoms with van der Waals surface area (Å²) in [6, 6.07) is 0.866. The second kappa shape index (κ2) is 2.53. The van der Waals surface area contributed by atoms with Crippen LogP contribution >= 0.6 is 12.4 Å². The van der Waals surface area contributed by atoms with Crippen molar-refractivity contribution in [3.8, 4) is 0 Å². The summed E-state index contributed by atoms with van der Waals surface area (Å²) in [7, 11) is 2.16. The van der Waals surface area contributed by atoms with Gasteiger partial charge in [0.05, 0.1) is 0 Å². The molecule has 1 fully saturated rings. The molecule has 0 N–H and O–H groups in total. The van der Waals surface area contributed by atoms with E-state index in [2.05, 4.69) is 18.9 Å². The van der Waals surface area contributed by atoms with E-state index in [9.17, 15) is 0 Å². The second-order valence-corrected chi connectivity index (χ2v) is 2.12. The molecule has 0 saturated carbocycles. The molecule has 1 aliphatic heterocycles. The Hall–Kier alpha value is 0.250. The Bertz CT molecular complexity index is 48.0. The molecule has 1 heterocycles. The molecule has 1 aliphatic rings. The van der Waals surface area contributed by atoms with Crippen molar-refractivity contribution in [2.75, 3.05) is 13.6 Å². The summed E-state index contributed by atoms with van der Waals surface area (Å²) in [6.07, 6.45) is 1.40. The number of hydrogen-bond acceptors (Lipinski definition) is 1. The van der Waals surface area contributed by atoms with E-state index >= 15 is 0 Å². The molecule has 7 heavy (non-hydrogen) atoms. The summed E-state index contributed by atoms with van der Waals surface area (Å²) in [4.78, 5) is 2.35. The molecule has 44 valence electrons. The minimum Gasteiger partial charge on any atom is -0.304 e. The minimum absolute atomic E-state index is 0. The van der Waals surface area contributed by atoms with Gasteiger partial charge in [0, 0.05) is 6.04 Å². The first-order chi connectivity index (χ1) is 2.80. The van der Waals surface area contributed by atoms with Crippen LogP contribution in [0.15, 0.2) is 0 Å². The quantitative estimate of drug-likeness (QED) is 0.465. The first-order valence-corrected chi connectivity index (χ1v) is 2.51. The molecule has 0 spiro atoms. The maximum Gasteiger partial charge on any atom is 0.00760 e. The van der Waals surface area contributed by atoms with Crippen LogP contribution in [0.2, 0.25) is 0 Å². The van der Waals surface area contributed by atoms with Gasteiger partial charge in [-0.25, -0.2) is 0 Å². The fraction of sp³-hybridized carbons (Fsp3) is 1.00. The monoisotopic (exact) mass is 121 g/mol. The summed E-state index contributed by atoms with van der Waals surface area (Å²) in [5, 5.41) is 0. The molecule has 1 saturated heterocycles. The largest absolute Gasteiger partial charge is 0.304 e. The molecular weight excluding hydrogens is 110 g/mol. The van der Waals surface area contributed by atoms with Gasteiger partial charge >= 0.3 is 0 Å². The number of halogens is 1. The van der Waals surface area contributed by atoms with E-state index in [1.165, 1.54) is 13.0 Å². The van der Waals surface area contributed by atoms with Crippen LogP contribution in [-0.4, -0.2) is 24.5 Å². The lowest BCUT2D eigenvalue weighted by Crippen LogP contribution is -2.41.